The average Bonchev–Trinajstić information content (AvgIpc) is 2.44. The molecule has 2 amide bonds. The van der Waals surface area contributed by atoms with Gasteiger partial charge in [-0.2, -0.15) is 8.42 Å². The molecule has 0 aromatic rings. The van der Waals surface area contributed by atoms with Gasteiger partial charge < -0.3 is 15.0 Å². The Hall–Kier alpha value is -1.35. The molecule has 1 N–H and O–H groups in total. The third kappa shape index (κ3) is 7.60. The van der Waals surface area contributed by atoms with Crippen LogP contribution in [0, 0.1) is 5.92 Å². The molecule has 0 heterocycles. The van der Waals surface area contributed by atoms with Crippen molar-refractivity contribution in [1.29, 1.82) is 0 Å². The van der Waals surface area contributed by atoms with Crippen molar-refractivity contribution in [3.05, 3.63) is 0 Å². The van der Waals surface area contributed by atoms with Gasteiger partial charge in [0.05, 0.1) is 18.4 Å². The lowest BCUT2D eigenvalue weighted by Gasteiger charge is -2.36. The maximum Gasteiger partial charge on any atom is 0.407 e. The first-order valence-corrected chi connectivity index (χ1v) is 10.3. The van der Waals surface area contributed by atoms with Crippen LogP contribution < -0.4 is 5.32 Å². The zero-order valence-corrected chi connectivity index (χ0v) is 16.7. The Labute approximate surface area is 150 Å². The van der Waals surface area contributed by atoms with E-state index in [-0.39, 0.29) is 11.8 Å². The first-order valence-electron chi connectivity index (χ1n) is 8.45. The van der Waals surface area contributed by atoms with Gasteiger partial charge in [-0.05, 0) is 47.0 Å². The first-order chi connectivity index (χ1) is 11.3. The zero-order valence-electron chi connectivity index (χ0n) is 15.9. The summed E-state index contributed by atoms with van der Waals surface area (Å²) in [5, 5.41) is 2.67. The van der Waals surface area contributed by atoms with E-state index in [9.17, 15) is 18.0 Å². The second-order valence-electron chi connectivity index (χ2n) is 7.45. The monoisotopic (exact) mass is 378 g/mol. The number of alkyl carbamates (subject to hydrolysis) is 1. The van der Waals surface area contributed by atoms with E-state index in [0.717, 1.165) is 6.26 Å². The van der Waals surface area contributed by atoms with E-state index in [1.165, 1.54) is 0 Å². The highest BCUT2D eigenvalue weighted by molar-refractivity contribution is 7.86. The molecule has 1 rings (SSSR count). The SMILES string of the molecule is CCN(C)C(=O)[C@H]1CC[C@@H](OS(C)(=O)=O)[C@H](NC(=O)OC(C)(C)C)C1. The van der Waals surface area contributed by atoms with Crippen LogP contribution in [-0.4, -0.2) is 62.9 Å². The summed E-state index contributed by atoms with van der Waals surface area (Å²) in [4.78, 5) is 26.1. The molecule has 1 aliphatic carbocycles. The van der Waals surface area contributed by atoms with Crippen molar-refractivity contribution in [2.75, 3.05) is 19.8 Å². The minimum Gasteiger partial charge on any atom is -0.444 e. The van der Waals surface area contributed by atoms with Gasteiger partial charge in [0, 0.05) is 19.5 Å². The Balaban J connectivity index is 2.87. The van der Waals surface area contributed by atoms with Gasteiger partial charge >= 0.3 is 6.09 Å². The molecule has 1 aliphatic rings. The number of ether oxygens (including phenoxy) is 1. The van der Waals surface area contributed by atoms with Crippen molar-refractivity contribution in [3.63, 3.8) is 0 Å². The molecular weight excluding hydrogens is 348 g/mol. The van der Waals surface area contributed by atoms with Crippen LogP contribution in [-0.2, 0) is 23.8 Å². The Kier molecular flexibility index (Phi) is 7.25. The van der Waals surface area contributed by atoms with Crippen LogP contribution in [0.4, 0.5) is 4.79 Å². The number of nitrogens with one attached hydrogen (secondary N) is 1. The highest BCUT2D eigenvalue weighted by Gasteiger charge is 2.38. The predicted octanol–water partition coefficient (Wildman–Crippen LogP) is 1.50. The number of amides is 2. The van der Waals surface area contributed by atoms with Crippen LogP contribution in [0.1, 0.15) is 47.0 Å². The molecular formula is C16H30N2O6S. The smallest absolute Gasteiger partial charge is 0.407 e. The van der Waals surface area contributed by atoms with Crippen LogP contribution in [0.25, 0.3) is 0 Å². The molecule has 0 aromatic carbocycles. The van der Waals surface area contributed by atoms with Gasteiger partial charge in [-0.3, -0.25) is 8.98 Å². The Morgan fingerprint density at radius 2 is 1.84 bits per heavy atom. The van der Waals surface area contributed by atoms with Crippen molar-refractivity contribution >= 4 is 22.1 Å². The first kappa shape index (κ1) is 21.7. The van der Waals surface area contributed by atoms with Crippen molar-refractivity contribution in [1.82, 2.24) is 10.2 Å². The molecule has 146 valence electrons. The molecule has 1 saturated carbocycles. The lowest BCUT2D eigenvalue weighted by atomic mass is 9.83. The van der Waals surface area contributed by atoms with Crippen LogP contribution in [0.5, 0.6) is 0 Å². The molecule has 0 radical (unpaired) electrons. The van der Waals surface area contributed by atoms with Crippen molar-refractivity contribution < 1.29 is 26.9 Å². The zero-order chi connectivity index (χ0) is 19.4. The van der Waals surface area contributed by atoms with Crippen LogP contribution in [0.3, 0.4) is 0 Å². The molecule has 9 heteroatoms. The van der Waals surface area contributed by atoms with Gasteiger partial charge in [-0.1, -0.05) is 0 Å². The van der Waals surface area contributed by atoms with Crippen LogP contribution in [0.15, 0.2) is 0 Å². The quantitative estimate of drug-likeness (QED) is 0.728. The Morgan fingerprint density at radius 3 is 2.32 bits per heavy atom. The van der Waals surface area contributed by atoms with Crippen LogP contribution >= 0.6 is 0 Å². The number of hydrogen-bond donors (Lipinski definition) is 1. The summed E-state index contributed by atoms with van der Waals surface area (Å²) in [6, 6.07) is -0.613. The standard InChI is InChI=1S/C16H30N2O6S/c1-7-18(5)14(19)11-8-9-13(24-25(6,21)22)12(10-11)17-15(20)23-16(2,3)4/h11-13H,7-10H2,1-6H3,(H,17,20)/t11-,12+,13+/m0/s1. The van der Waals surface area contributed by atoms with Gasteiger partial charge in [0.25, 0.3) is 10.1 Å². The topological polar surface area (TPSA) is 102 Å². The number of rotatable bonds is 5. The normalized spacial score (nSPS) is 24.5. The maximum absolute atomic E-state index is 12.4. The van der Waals surface area contributed by atoms with E-state index in [1.807, 2.05) is 6.92 Å². The summed E-state index contributed by atoms with van der Waals surface area (Å²) < 4.78 is 33.3. The van der Waals surface area contributed by atoms with Gasteiger partial charge in [-0.25, -0.2) is 4.79 Å². The predicted molar refractivity (Wildman–Crippen MR) is 93.5 cm³/mol. The van der Waals surface area contributed by atoms with Gasteiger partial charge in [0.1, 0.15) is 5.60 Å². The minimum absolute atomic E-state index is 0.0173. The van der Waals surface area contributed by atoms with E-state index in [4.69, 9.17) is 8.92 Å². The lowest BCUT2D eigenvalue weighted by molar-refractivity contribution is -0.136. The molecule has 8 nitrogen and oxygen atoms in total. The van der Waals surface area contributed by atoms with Crippen LogP contribution in [0.2, 0.25) is 0 Å². The van der Waals surface area contributed by atoms with E-state index < -0.39 is 34.0 Å². The summed E-state index contributed by atoms with van der Waals surface area (Å²) in [5.74, 6) is -0.305. The maximum atomic E-state index is 12.4. The molecule has 25 heavy (non-hydrogen) atoms. The summed E-state index contributed by atoms with van der Waals surface area (Å²) in [5.41, 5.74) is -0.677. The number of carbonyl (C=O) groups excluding carboxylic acids is 2. The van der Waals surface area contributed by atoms with E-state index in [0.29, 0.717) is 25.8 Å². The Bertz CT molecular complexity index is 584. The average molecular weight is 378 g/mol. The third-order valence-corrected chi connectivity index (χ3v) is 4.58. The van der Waals surface area contributed by atoms with Crippen molar-refractivity contribution in [3.8, 4) is 0 Å². The highest BCUT2D eigenvalue weighted by Crippen LogP contribution is 2.29. The number of hydrogen-bond acceptors (Lipinski definition) is 6. The number of nitrogens with zero attached hydrogens (tertiary/aromatic N) is 1. The van der Waals surface area contributed by atoms with E-state index in [2.05, 4.69) is 5.32 Å². The van der Waals surface area contributed by atoms with E-state index in [1.54, 1.807) is 32.7 Å². The molecule has 0 aromatic heterocycles. The second kappa shape index (κ2) is 8.35. The molecule has 1 fully saturated rings. The fraction of sp³-hybridized carbons (Fsp3) is 0.875. The molecule has 0 bridgehead atoms. The molecule has 0 spiro atoms. The highest BCUT2D eigenvalue weighted by atomic mass is 32.2. The Morgan fingerprint density at radius 1 is 1.24 bits per heavy atom. The molecule has 0 saturated heterocycles. The van der Waals surface area contributed by atoms with Gasteiger partial charge in [0.2, 0.25) is 5.91 Å². The second-order valence-corrected chi connectivity index (χ2v) is 9.05. The number of carbonyl (C=O) groups is 2. The summed E-state index contributed by atoms with van der Waals surface area (Å²) in [6.07, 6.45) is 0.787. The minimum atomic E-state index is -3.67. The van der Waals surface area contributed by atoms with Gasteiger partial charge in [0.15, 0.2) is 0 Å². The van der Waals surface area contributed by atoms with Crippen molar-refractivity contribution in [2.45, 2.75) is 64.7 Å². The summed E-state index contributed by atoms with van der Waals surface area (Å²) in [7, 11) is -1.95. The molecule has 0 aliphatic heterocycles. The fourth-order valence-electron chi connectivity index (χ4n) is 2.79. The summed E-state index contributed by atoms with van der Waals surface area (Å²) in [6.45, 7) is 7.68. The fourth-order valence-corrected chi connectivity index (χ4v) is 3.46. The molecule has 3 atom stereocenters. The molecule has 0 unspecified atom stereocenters. The lowest BCUT2D eigenvalue weighted by Crippen LogP contribution is -2.52. The van der Waals surface area contributed by atoms with Crippen molar-refractivity contribution in [2.24, 2.45) is 5.92 Å². The third-order valence-electron chi connectivity index (χ3n) is 3.99. The largest absolute Gasteiger partial charge is 0.444 e. The van der Waals surface area contributed by atoms with E-state index >= 15 is 0 Å². The van der Waals surface area contributed by atoms with Gasteiger partial charge in [-0.15, -0.1) is 0 Å². The summed E-state index contributed by atoms with van der Waals surface area (Å²) >= 11 is 0.